The smallest absolute Gasteiger partial charge is 0.305 e. The lowest BCUT2D eigenvalue weighted by atomic mass is 10.1. The number of carbonyl (C=O) groups is 1. The normalized spacial score (nSPS) is 11.4. The van der Waals surface area contributed by atoms with Crippen LogP contribution in [-0.4, -0.2) is 16.9 Å². The fraction of sp³-hybridized carbons (Fsp3) is 0.333. The molecule has 0 heterocycles. The van der Waals surface area contributed by atoms with Crippen LogP contribution >= 0.6 is 0 Å². The van der Waals surface area contributed by atoms with Gasteiger partial charge in [0.2, 0.25) is 5.82 Å². The molecule has 1 rings (SSSR count). The lowest BCUT2D eigenvalue weighted by Gasteiger charge is -2.10. The van der Waals surface area contributed by atoms with E-state index in [0.29, 0.717) is 12.8 Å². The molecule has 19 heavy (non-hydrogen) atoms. The maximum atomic E-state index is 13.1. The third-order valence-corrected chi connectivity index (χ3v) is 2.44. The molecule has 0 saturated carbocycles. The van der Waals surface area contributed by atoms with Gasteiger partial charge in [-0.3, -0.25) is 14.9 Å². The van der Waals surface area contributed by atoms with Gasteiger partial charge >= 0.3 is 5.69 Å². The molecule has 1 N–H and O–H groups in total. The van der Waals surface area contributed by atoms with Crippen LogP contribution in [0.4, 0.5) is 10.1 Å². The van der Waals surface area contributed by atoms with Gasteiger partial charge in [-0.25, -0.2) is 0 Å². The highest BCUT2D eigenvalue weighted by molar-refractivity contribution is 5.95. The molecule has 1 aromatic carbocycles. The van der Waals surface area contributed by atoms with Gasteiger partial charge in [-0.05, 0) is 18.6 Å². The van der Waals surface area contributed by atoms with Gasteiger partial charge in [0.1, 0.15) is 6.04 Å². The van der Waals surface area contributed by atoms with E-state index in [0.717, 1.165) is 18.2 Å². The molecule has 0 aliphatic carbocycles. The number of halogens is 1. The topological polar surface area (TPSA) is 96.0 Å². The molecule has 0 radical (unpaired) electrons. The lowest BCUT2D eigenvalue weighted by Crippen LogP contribution is -2.33. The van der Waals surface area contributed by atoms with Crippen LogP contribution in [0.25, 0.3) is 0 Å². The summed E-state index contributed by atoms with van der Waals surface area (Å²) in [4.78, 5) is 21.4. The molecule has 1 aromatic rings. The van der Waals surface area contributed by atoms with E-state index in [4.69, 9.17) is 5.26 Å². The number of nitrogens with zero attached hydrogens (tertiary/aromatic N) is 2. The van der Waals surface area contributed by atoms with Crippen molar-refractivity contribution in [3.8, 4) is 6.07 Å². The molecule has 1 atom stereocenters. The Balaban J connectivity index is 2.92. The molecule has 0 bridgehead atoms. The average molecular weight is 265 g/mol. The summed E-state index contributed by atoms with van der Waals surface area (Å²) in [5.74, 6) is -1.64. The van der Waals surface area contributed by atoms with E-state index in [9.17, 15) is 19.3 Å². The Kier molecular flexibility index (Phi) is 4.94. The minimum atomic E-state index is -1.01. The molecule has 1 unspecified atom stereocenters. The first-order valence-corrected chi connectivity index (χ1v) is 5.64. The summed E-state index contributed by atoms with van der Waals surface area (Å²) in [6.07, 6.45) is 1.19. The van der Waals surface area contributed by atoms with E-state index < -0.39 is 28.4 Å². The minimum Gasteiger partial charge on any atom is -0.336 e. The Labute approximate surface area is 109 Å². The highest BCUT2D eigenvalue weighted by atomic mass is 19.1. The number of hydrogen-bond acceptors (Lipinski definition) is 4. The summed E-state index contributed by atoms with van der Waals surface area (Å²) in [5.41, 5.74) is -0.818. The number of hydrogen-bond donors (Lipinski definition) is 1. The van der Waals surface area contributed by atoms with Gasteiger partial charge in [0.25, 0.3) is 5.91 Å². The molecule has 100 valence electrons. The third-order valence-electron chi connectivity index (χ3n) is 2.44. The van der Waals surface area contributed by atoms with E-state index in [1.165, 1.54) is 0 Å². The number of nitriles is 1. The van der Waals surface area contributed by atoms with E-state index in [2.05, 4.69) is 5.32 Å². The van der Waals surface area contributed by atoms with Gasteiger partial charge in [0, 0.05) is 11.6 Å². The molecule has 7 heteroatoms. The molecular weight excluding hydrogens is 253 g/mol. The number of rotatable bonds is 5. The maximum absolute atomic E-state index is 13.1. The van der Waals surface area contributed by atoms with E-state index in [1.54, 1.807) is 0 Å². The number of nitro benzene ring substituents is 1. The lowest BCUT2D eigenvalue weighted by molar-refractivity contribution is -0.387. The number of nitrogens with one attached hydrogen (secondary N) is 1. The summed E-state index contributed by atoms with van der Waals surface area (Å²) >= 11 is 0. The van der Waals surface area contributed by atoms with Crippen molar-refractivity contribution in [2.24, 2.45) is 0 Å². The van der Waals surface area contributed by atoms with Crippen molar-refractivity contribution < 1.29 is 14.1 Å². The fourth-order valence-corrected chi connectivity index (χ4v) is 1.49. The highest BCUT2D eigenvalue weighted by Crippen LogP contribution is 2.18. The molecule has 1 amide bonds. The zero-order chi connectivity index (χ0) is 14.4. The Morgan fingerprint density at radius 2 is 2.32 bits per heavy atom. The number of nitro groups is 1. The zero-order valence-corrected chi connectivity index (χ0v) is 10.2. The Hall–Kier alpha value is -2.49. The molecule has 0 saturated heterocycles. The molecule has 0 aromatic heterocycles. The van der Waals surface area contributed by atoms with Crippen LogP contribution in [0.2, 0.25) is 0 Å². The van der Waals surface area contributed by atoms with Crippen LogP contribution in [0.15, 0.2) is 18.2 Å². The standard InChI is InChI=1S/C12H12FN3O3/c1-2-3-9(7-14)15-12(17)8-4-5-10(13)11(6-8)16(18)19/h4-6,9H,2-3H2,1H3,(H,15,17). The summed E-state index contributed by atoms with van der Waals surface area (Å²) in [6, 6.07) is 4.09. The Morgan fingerprint density at radius 3 is 2.84 bits per heavy atom. The van der Waals surface area contributed by atoms with Crippen LogP contribution in [0.1, 0.15) is 30.1 Å². The summed E-state index contributed by atoms with van der Waals surface area (Å²) in [6.45, 7) is 1.86. The van der Waals surface area contributed by atoms with E-state index in [1.807, 2.05) is 13.0 Å². The fourth-order valence-electron chi connectivity index (χ4n) is 1.49. The van der Waals surface area contributed by atoms with Crippen molar-refractivity contribution in [3.05, 3.63) is 39.7 Å². The SMILES string of the molecule is CCCC(C#N)NC(=O)c1ccc(F)c([N+](=O)[O-])c1. The number of carbonyl (C=O) groups excluding carboxylic acids is 1. The van der Waals surface area contributed by atoms with Crippen LogP contribution in [-0.2, 0) is 0 Å². The monoisotopic (exact) mass is 265 g/mol. The molecule has 6 nitrogen and oxygen atoms in total. The molecule has 0 aliphatic rings. The number of amides is 1. The molecule has 0 aliphatic heterocycles. The van der Waals surface area contributed by atoms with Crippen LogP contribution < -0.4 is 5.32 Å². The second kappa shape index (κ2) is 6.44. The van der Waals surface area contributed by atoms with Gasteiger partial charge in [0.15, 0.2) is 0 Å². The predicted octanol–water partition coefficient (Wildman–Crippen LogP) is 2.16. The summed E-state index contributed by atoms with van der Waals surface area (Å²) in [5, 5.41) is 21.8. The quantitative estimate of drug-likeness (QED) is 0.651. The van der Waals surface area contributed by atoms with Crippen LogP contribution in [0.5, 0.6) is 0 Å². The van der Waals surface area contributed by atoms with Crippen molar-refractivity contribution in [2.45, 2.75) is 25.8 Å². The van der Waals surface area contributed by atoms with E-state index in [-0.39, 0.29) is 5.56 Å². The van der Waals surface area contributed by atoms with Crippen molar-refractivity contribution in [1.29, 1.82) is 5.26 Å². The van der Waals surface area contributed by atoms with Gasteiger partial charge in [-0.1, -0.05) is 13.3 Å². The van der Waals surface area contributed by atoms with Crippen molar-refractivity contribution in [3.63, 3.8) is 0 Å². The van der Waals surface area contributed by atoms with Gasteiger partial charge in [0.05, 0.1) is 11.0 Å². The van der Waals surface area contributed by atoms with Gasteiger partial charge < -0.3 is 5.32 Å². The first-order chi connectivity index (χ1) is 8.99. The summed E-state index contributed by atoms with van der Waals surface area (Å²) in [7, 11) is 0. The Bertz CT molecular complexity index is 540. The first kappa shape index (κ1) is 14.6. The van der Waals surface area contributed by atoms with Crippen LogP contribution in [0, 0.1) is 27.3 Å². The Morgan fingerprint density at radius 1 is 1.63 bits per heavy atom. The predicted molar refractivity (Wildman–Crippen MR) is 64.8 cm³/mol. The second-order valence-electron chi connectivity index (χ2n) is 3.87. The zero-order valence-electron chi connectivity index (χ0n) is 10.2. The molecule has 0 spiro atoms. The number of benzene rings is 1. The second-order valence-corrected chi connectivity index (χ2v) is 3.87. The molecular formula is C12H12FN3O3. The van der Waals surface area contributed by atoms with Crippen molar-refractivity contribution in [2.75, 3.05) is 0 Å². The first-order valence-electron chi connectivity index (χ1n) is 5.64. The molecule has 0 fully saturated rings. The van der Waals surface area contributed by atoms with Gasteiger partial charge in [-0.15, -0.1) is 0 Å². The minimum absolute atomic E-state index is 0.0514. The summed E-state index contributed by atoms with van der Waals surface area (Å²) < 4.78 is 13.1. The largest absolute Gasteiger partial charge is 0.336 e. The average Bonchev–Trinajstić information content (AvgIpc) is 2.38. The third kappa shape index (κ3) is 3.74. The van der Waals surface area contributed by atoms with Crippen molar-refractivity contribution in [1.82, 2.24) is 5.32 Å². The maximum Gasteiger partial charge on any atom is 0.305 e. The van der Waals surface area contributed by atoms with Gasteiger partial charge in [-0.2, -0.15) is 9.65 Å². The van der Waals surface area contributed by atoms with Crippen LogP contribution in [0.3, 0.4) is 0 Å². The van der Waals surface area contributed by atoms with E-state index >= 15 is 0 Å². The van der Waals surface area contributed by atoms with Crippen molar-refractivity contribution >= 4 is 11.6 Å². The highest BCUT2D eigenvalue weighted by Gasteiger charge is 2.19.